The first-order valence-electron chi connectivity index (χ1n) is 8.46. The molecule has 0 bridgehead atoms. The fourth-order valence-electron chi connectivity index (χ4n) is 2.39. The van der Waals surface area contributed by atoms with Crippen LogP contribution in [0.1, 0.15) is 35.5 Å². The van der Waals surface area contributed by atoms with Crippen molar-refractivity contribution in [2.45, 2.75) is 33.1 Å². The first kappa shape index (κ1) is 17.8. The van der Waals surface area contributed by atoms with Crippen LogP contribution in [0.2, 0.25) is 0 Å². The Morgan fingerprint density at radius 1 is 1.19 bits per heavy atom. The molecule has 3 aromatic rings. The molecule has 0 atom stereocenters. The molecule has 1 N–H and O–H groups in total. The van der Waals surface area contributed by atoms with Gasteiger partial charge in [-0.15, -0.1) is 0 Å². The van der Waals surface area contributed by atoms with Gasteiger partial charge in [0.2, 0.25) is 0 Å². The van der Waals surface area contributed by atoms with Gasteiger partial charge in [-0.1, -0.05) is 29.4 Å². The van der Waals surface area contributed by atoms with Crippen LogP contribution in [0.25, 0.3) is 11.3 Å². The number of nitrogens with zero attached hydrogens (tertiary/aromatic N) is 2. The van der Waals surface area contributed by atoms with E-state index >= 15 is 0 Å². The van der Waals surface area contributed by atoms with Gasteiger partial charge in [-0.05, 0) is 37.1 Å². The third-order valence-electron chi connectivity index (χ3n) is 3.72. The summed E-state index contributed by atoms with van der Waals surface area (Å²) in [6, 6.07) is 13.2. The van der Waals surface area contributed by atoms with Crippen molar-refractivity contribution in [3.05, 3.63) is 71.7 Å². The van der Waals surface area contributed by atoms with Crippen LogP contribution in [0.4, 0.5) is 0 Å². The lowest BCUT2D eigenvalue weighted by Crippen LogP contribution is -2.23. The van der Waals surface area contributed by atoms with Crippen LogP contribution in [0.3, 0.4) is 0 Å². The van der Waals surface area contributed by atoms with Crippen LogP contribution < -0.4 is 5.32 Å². The number of hydrogen-bond acceptors (Lipinski definition) is 5. The van der Waals surface area contributed by atoms with E-state index in [4.69, 9.17) is 9.26 Å². The van der Waals surface area contributed by atoms with Gasteiger partial charge in [0, 0.05) is 30.6 Å². The number of rotatable bonds is 7. The zero-order chi connectivity index (χ0) is 18.4. The molecule has 2 aromatic heterocycles. The molecule has 0 saturated heterocycles. The second-order valence-electron chi connectivity index (χ2n) is 6.18. The van der Waals surface area contributed by atoms with Crippen LogP contribution in [0, 0.1) is 0 Å². The third-order valence-corrected chi connectivity index (χ3v) is 3.72. The van der Waals surface area contributed by atoms with E-state index in [1.807, 2.05) is 44.2 Å². The zero-order valence-corrected chi connectivity index (χ0v) is 14.8. The number of ether oxygens (including phenoxy) is 1. The summed E-state index contributed by atoms with van der Waals surface area (Å²) in [7, 11) is 0. The molecule has 3 rings (SSSR count). The summed E-state index contributed by atoms with van der Waals surface area (Å²) >= 11 is 0. The van der Waals surface area contributed by atoms with Crippen molar-refractivity contribution < 1.29 is 14.1 Å². The number of nitrogens with one attached hydrogen (secondary N) is 1. The minimum absolute atomic E-state index is 0.180. The topological polar surface area (TPSA) is 77.2 Å². The molecule has 0 aliphatic carbocycles. The predicted molar refractivity (Wildman–Crippen MR) is 97.3 cm³/mol. The van der Waals surface area contributed by atoms with Gasteiger partial charge < -0.3 is 14.6 Å². The van der Waals surface area contributed by atoms with Crippen molar-refractivity contribution >= 4 is 5.91 Å². The minimum Gasteiger partial charge on any atom is -0.374 e. The summed E-state index contributed by atoms with van der Waals surface area (Å²) in [5, 5.41) is 6.69. The minimum atomic E-state index is -0.285. The van der Waals surface area contributed by atoms with Gasteiger partial charge >= 0.3 is 0 Å². The van der Waals surface area contributed by atoms with E-state index in [0.29, 0.717) is 18.9 Å². The number of carbonyl (C=O) groups is 1. The van der Waals surface area contributed by atoms with Gasteiger partial charge in [-0.3, -0.25) is 9.78 Å². The molecule has 1 amide bonds. The number of pyridine rings is 1. The fourth-order valence-corrected chi connectivity index (χ4v) is 2.39. The summed E-state index contributed by atoms with van der Waals surface area (Å²) in [6.07, 6.45) is 3.51. The second-order valence-corrected chi connectivity index (χ2v) is 6.18. The maximum Gasteiger partial charge on any atom is 0.273 e. The summed E-state index contributed by atoms with van der Waals surface area (Å²) < 4.78 is 10.8. The largest absolute Gasteiger partial charge is 0.374 e. The Hall–Kier alpha value is -2.99. The van der Waals surface area contributed by atoms with E-state index in [1.54, 1.807) is 24.5 Å². The average Bonchev–Trinajstić information content (AvgIpc) is 3.16. The molecular formula is C20H21N3O3. The molecule has 0 aliphatic rings. The molecule has 0 aliphatic heterocycles. The molecule has 0 unspecified atom stereocenters. The quantitative estimate of drug-likeness (QED) is 0.704. The number of aromatic nitrogens is 2. The summed E-state index contributed by atoms with van der Waals surface area (Å²) in [5.74, 6) is 0.226. The van der Waals surface area contributed by atoms with E-state index in [9.17, 15) is 4.79 Å². The van der Waals surface area contributed by atoms with Crippen molar-refractivity contribution in [1.29, 1.82) is 0 Å². The third kappa shape index (κ3) is 4.77. The Bertz CT molecular complexity index is 860. The van der Waals surface area contributed by atoms with Gasteiger partial charge in [-0.2, -0.15) is 0 Å². The molecule has 6 nitrogen and oxygen atoms in total. The van der Waals surface area contributed by atoms with Gasteiger partial charge in [0.05, 0.1) is 12.7 Å². The second kappa shape index (κ2) is 8.40. The lowest BCUT2D eigenvalue weighted by molar-refractivity contribution is 0.0657. The van der Waals surface area contributed by atoms with Crippen molar-refractivity contribution in [2.24, 2.45) is 0 Å². The van der Waals surface area contributed by atoms with Crippen molar-refractivity contribution in [3.8, 4) is 11.3 Å². The first-order chi connectivity index (χ1) is 12.6. The van der Waals surface area contributed by atoms with Crippen LogP contribution in [-0.2, 0) is 17.9 Å². The normalized spacial score (nSPS) is 10.9. The summed E-state index contributed by atoms with van der Waals surface area (Å²) in [5.41, 5.74) is 3.09. The lowest BCUT2D eigenvalue weighted by Gasteiger charge is -2.09. The molecule has 1 aromatic carbocycles. The number of carbonyl (C=O) groups excluding carboxylic acids is 1. The maximum absolute atomic E-state index is 12.3. The lowest BCUT2D eigenvalue weighted by atomic mass is 10.1. The predicted octanol–water partition coefficient (Wildman–Crippen LogP) is 3.59. The molecule has 2 heterocycles. The molecule has 6 heteroatoms. The standard InChI is InChI=1S/C20H21N3O3/c1-14(2)25-13-16-6-3-5-15(9-16)11-22-20(24)18-10-19(26-23-18)17-7-4-8-21-12-17/h3-10,12,14H,11,13H2,1-2H3,(H,22,24). The van der Waals surface area contributed by atoms with Crippen LogP contribution >= 0.6 is 0 Å². The van der Waals surface area contributed by atoms with E-state index in [0.717, 1.165) is 16.7 Å². The van der Waals surface area contributed by atoms with Crippen LogP contribution in [0.15, 0.2) is 59.4 Å². The first-order valence-corrected chi connectivity index (χ1v) is 8.46. The highest BCUT2D eigenvalue weighted by Gasteiger charge is 2.13. The Kier molecular flexibility index (Phi) is 5.76. The molecule has 0 spiro atoms. The SMILES string of the molecule is CC(C)OCc1cccc(CNC(=O)c2cc(-c3cccnc3)on2)c1. The van der Waals surface area contributed by atoms with Gasteiger partial charge in [0.25, 0.3) is 5.91 Å². The molecule has 26 heavy (non-hydrogen) atoms. The van der Waals surface area contributed by atoms with Gasteiger partial charge in [-0.25, -0.2) is 0 Å². The van der Waals surface area contributed by atoms with Crippen molar-refractivity contribution in [3.63, 3.8) is 0 Å². The Labute approximate surface area is 152 Å². The summed E-state index contributed by atoms with van der Waals surface area (Å²) in [4.78, 5) is 16.3. The van der Waals surface area contributed by atoms with E-state index in [1.165, 1.54) is 0 Å². The Morgan fingerprint density at radius 2 is 2.04 bits per heavy atom. The highest BCUT2D eigenvalue weighted by atomic mass is 16.5. The Balaban J connectivity index is 1.59. The molecular weight excluding hydrogens is 330 g/mol. The van der Waals surface area contributed by atoms with Gasteiger partial charge in [0.15, 0.2) is 11.5 Å². The van der Waals surface area contributed by atoms with E-state index < -0.39 is 0 Å². The molecule has 0 fully saturated rings. The highest BCUT2D eigenvalue weighted by molar-refractivity contribution is 5.93. The fraction of sp³-hybridized carbons (Fsp3) is 0.250. The molecule has 0 radical (unpaired) electrons. The monoisotopic (exact) mass is 351 g/mol. The highest BCUT2D eigenvalue weighted by Crippen LogP contribution is 2.18. The number of hydrogen-bond donors (Lipinski definition) is 1. The van der Waals surface area contributed by atoms with Crippen molar-refractivity contribution in [1.82, 2.24) is 15.5 Å². The average molecular weight is 351 g/mol. The number of benzene rings is 1. The smallest absolute Gasteiger partial charge is 0.273 e. The molecule has 0 saturated carbocycles. The van der Waals surface area contributed by atoms with Gasteiger partial charge in [0.1, 0.15) is 0 Å². The Morgan fingerprint density at radius 3 is 2.81 bits per heavy atom. The maximum atomic E-state index is 12.3. The summed E-state index contributed by atoms with van der Waals surface area (Å²) in [6.45, 7) is 4.96. The van der Waals surface area contributed by atoms with E-state index in [2.05, 4.69) is 15.5 Å². The van der Waals surface area contributed by atoms with Crippen LogP contribution in [-0.4, -0.2) is 22.2 Å². The van der Waals surface area contributed by atoms with Crippen molar-refractivity contribution in [2.75, 3.05) is 0 Å². The zero-order valence-electron chi connectivity index (χ0n) is 14.8. The number of amides is 1. The molecule has 134 valence electrons. The van der Waals surface area contributed by atoms with Crippen LogP contribution in [0.5, 0.6) is 0 Å². The van der Waals surface area contributed by atoms with E-state index in [-0.39, 0.29) is 17.7 Å².